The fourth-order valence-corrected chi connectivity index (χ4v) is 3.96. The van der Waals surface area contributed by atoms with Crippen LogP contribution >= 0.6 is 0 Å². The molecule has 1 heterocycles. The lowest BCUT2D eigenvalue weighted by Gasteiger charge is -2.37. The molecule has 1 aliphatic heterocycles. The van der Waals surface area contributed by atoms with E-state index in [1.54, 1.807) is 24.0 Å². The molecule has 0 unspecified atom stereocenters. The number of likely N-dealkylation sites (tertiary alicyclic amines) is 1. The Hall–Kier alpha value is -2.31. The summed E-state index contributed by atoms with van der Waals surface area (Å²) >= 11 is 0. The summed E-state index contributed by atoms with van der Waals surface area (Å²) in [4.78, 5) is 18.0. The summed E-state index contributed by atoms with van der Waals surface area (Å²) in [5.41, 5.74) is 0.292. The van der Waals surface area contributed by atoms with E-state index in [9.17, 15) is 18.0 Å². The number of rotatable bonds is 4. The highest BCUT2D eigenvalue weighted by molar-refractivity contribution is 5.76. The monoisotopic (exact) mass is 393 g/mol. The molecule has 0 bridgehead atoms. The Morgan fingerprint density at radius 3 is 2.61 bits per heavy atom. The average molecular weight is 393 g/mol. The largest absolute Gasteiger partial charge is 0.418 e. The van der Waals surface area contributed by atoms with E-state index in [1.165, 1.54) is 6.07 Å². The van der Waals surface area contributed by atoms with Crippen LogP contribution in [0.25, 0.3) is 6.08 Å². The molecule has 1 N–H and O–H groups in total. The van der Waals surface area contributed by atoms with Gasteiger partial charge in [0.15, 0.2) is 0 Å². The van der Waals surface area contributed by atoms with E-state index in [1.807, 2.05) is 0 Å². The van der Waals surface area contributed by atoms with Crippen molar-refractivity contribution in [2.24, 2.45) is 10.9 Å². The molecular formula is C21H26F3N3O. The van der Waals surface area contributed by atoms with Gasteiger partial charge in [-0.3, -0.25) is 4.99 Å². The van der Waals surface area contributed by atoms with Crippen molar-refractivity contribution in [1.29, 1.82) is 0 Å². The van der Waals surface area contributed by atoms with Crippen molar-refractivity contribution in [3.63, 3.8) is 0 Å². The number of hydrogen-bond acceptors (Lipinski definition) is 2. The molecule has 1 saturated carbocycles. The van der Waals surface area contributed by atoms with Crippen LogP contribution in [-0.2, 0) is 6.18 Å². The Kier molecular flexibility index (Phi) is 5.82. The zero-order valence-electron chi connectivity index (χ0n) is 16.2. The molecule has 0 radical (unpaired) electrons. The van der Waals surface area contributed by atoms with Gasteiger partial charge >= 0.3 is 12.2 Å². The van der Waals surface area contributed by atoms with Crippen LogP contribution in [0.2, 0.25) is 0 Å². The number of halogens is 3. The predicted octanol–water partition coefficient (Wildman–Crippen LogP) is 5.37. The van der Waals surface area contributed by atoms with Gasteiger partial charge in [-0.05, 0) is 50.5 Å². The van der Waals surface area contributed by atoms with Crippen LogP contribution in [0, 0.1) is 5.92 Å². The number of carbonyl (C=O) groups excluding carboxylic acids is 1. The van der Waals surface area contributed by atoms with Gasteiger partial charge in [-0.25, -0.2) is 4.79 Å². The van der Waals surface area contributed by atoms with Gasteiger partial charge in [-0.15, -0.1) is 0 Å². The molecule has 2 amide bonds. The molecule has 0 spiro atoms. The van der Waals surface area contributed by atoms with Crippen molar-refractivity contribution >= 4 is 24.5 Å². The molecule has 1 aromatic carbocycles. The van der Waals surface area contributed by atoms with Crippen molar-refractivity contribution < 1.29 is 18.0 Å². The van der Waals surface area contributed by atoms with Gasteiger partial charge < -0.3 is 10.2 Å². The summed E-state index contributed by atoms with van der Waals surface area (Å²) in [6, 6.07) is 2.80. The van der Waals surface area contributed by atoms with E-state index in [2.05, 4.69) is 24.0 Å². The van der Waals surface area contributed by atoms with E-state index in [4.69, 9.17) is 0 Å². The fraction of sp³-hybridized carbons (Fsp3) is 0.524. The summed E-state index contributed by atoms with van der Waals surface area (Å²) < 4.78 is 40.2. The minimum Gasteiger partial charge on any atom is -0.335 e. The lowest BCUT2D eigenvalue weighted by molar-refractivity contribution is -0.137. The van der Waals surface area contributed by atoms with Gasteiger partial charge in [0.2, 0.25) is 0 Å². The molecule has 2 aliphatic rings. The van der Waals surface area contributed by atoms with Gasteiger partial charge in [0.1, 0.15) is 0 Å². The molecule has 1 saturated heterocycles. The first kappa shape index (κ1) is 20.4. The number of amides is 2. The van der Waals surface area contributed by atoms with Crippen LogP contribution in [0.1, 0.15) is 55.7 Å². The van der Waals surface area contributed by atoms with Crippen molar-refractivity contribution in [3.8, 4) is 0 Å². The fourth-order valence-electron chi connectivity index (χ4n) is 3.96. The highest BCUT2D eigenvalue weighted by Crippen LogP contribution is 2.43. The molecule has 1 aliphatic carbocycles. The van der Waals surface area contributed by atoms with Crippen LogP contribution < -0.4 is 5.32 Å². The normalized spacial score (nSPS) is 23.1. The molecule has 1 aromatic rings. The first-order valence-electron chi connectivity index (χ1n) is 9.63. The molecule has 2 atom stereocenters. The second kappa shape index (κ2) is 7.97. The van der Waals surface area contributed by atoms with E-state index in [0.29, 0.717) is 18.7 Å². The number of alkyl halides is 3. The van der Waals surface area contributed by atoms with Crippen molar-refractivity contribution in [3.05, 3.63) is 34.9 Å². The lowest BCUT2D eigenvalue weighted by atomic mass is 9.82. The van der Waals surface area contributed by atoms with Gasteiger partial charge in [0, 0.05) is 30.6 Å². The van der Waals surface area contributed by atoms with Crippen LogP contribution in [0.3, 0.4) is 0 Å². The Labute approximate surface area is 163 Å². The number of benzene rings is 1. The van der Waals surface area contributed by atoms with E-state index < -0.39 is 11.7 Å². The highest BCUT2D eigenvalue weighted by atomic mass is 19.4. The molecule has 152 valence electrons. The van der Waals surface area contributed by atoms with Crippen LogP contribution in [0.5, 0.6) is 0 Å². The van der Waals surface area contributed by atoms with Crippen molar-refractivity contribution in [2.75, 3.05) is 13.1 Å². The van der Waals surface area contributed by atoms with Crippen LogP contribution in [0.15, 0.2) is 23.2 Å². The molecule has 0 aromatic heterocycles. The maximum Gasteiger partial charge on any atom is 0.418 e. The molecule has 28 heavy (non-hydrogen) atoms. The molecule has 7 heteroatoms. The highest BCUT2D eigenvalue weighted by Gasteiger charge is 2.37. The smallest absolute Gasteiger partial charge is 0.335 e. The second-order valence-electron chi connectivity index (χ2n) is 7.79. The maximum atomic E-state index is 13.4. The summed E-state index contributed by atoms with van der Waals surface area (Å²) in [7, 11) is 0. The average Bonchev–Trinajstić information content (AvgIpc) is 3.44. The summed E-state index contributed by atoms with van der Waals surface area (Å²) in [5.74, 6) is 0.201. The zero-order valence-corrected chi connectivity index (χ0v) is 16.2. The van der Waals surface area contributed by atoms with E-state index in [0.717, 1.165) is 30.9 Å². The topological polar surface area (TPSA) is 44.7 Å². The number of nitrogens with zero attached hydrogens (tertiary/aromatic N) is 2. The van der Waals surface area contributed by atoms with Crippen LogP contribution in [-0.4, -0.2) is 36.8 Å². The Morgan fingerprint density at radius 2 is 2.04 bits per heavy atom. The first-order valence-corrected chi connectivity index (χ1v) is 9.63. The summed E-state index contributed by atoms with van der Waals surface area (Å²) in [5, 5.41) is 3.00. The number of carbonyl (C=O) groups is 1. The number of hydrogen-bond donors (Lipinski definition) is 1. The van der Waals surface area contributed by atoms with Crippen LogP contribution in [0.4, 0.5) is 23.7 Å². The Morgan fingerprint density at radius 1 is 1.32 bits per heavy atom. The number of aliphatic imine (C=N–C) groups is 1. The number of piperidine rings is 1. The van der Waals surface area contributed by atoms with Gasteiger partial charge in [0.05, 0.1) is 11.3 Å². The quantitative estimate of drug-likeness (QED) is 0.687. The second-order valence-corrected chi connectivity index (χ2v) is 7.79. The van der Waals surface area contributed by atoms with E-state index in [-0.39, 0.29) is 29.6 Å². The first-order chi connectivity index (χ1) is 13.2. The number of urea groups is 1. The predicted molar refractivity (Wildman–Crippen MR) is 105 cm³/mol. The third kappa shape index (κ3) is 4.39. The maximum absolute atomic E-state index is 13.4. The molecular weight excluding hydrogens is 367 g/mol. The Balaban J connectivity index is 1.96. The zero-order chi connectivity index (χ0) is 20.5. The molecule has 4 nitrogen and oxygen atoms in total. The molecule has 2 fully saturated rings. The van der Waals surface area contributed by atoms with Gasteiger partial charge in [-0.1, -0.05) is 25.1 Å². The Bertz CT molecular complexity index is 784. The SMILES string of the molecule is C=Nc1c(C(F)(F)F)ccc([C@@H]2C[C@@H](C)CN(C(=O)NC3CC3)C2)c1/C=C\C. The minimum absolute atomic E-state index is 0.0531. The number of allylic oxidation sites excluding steroid dienone is 1. The standard InChI is InChI=1S/C21H26F3N3O/c1-4-5-17-16(8-9-18(19(17)25-3)21(22,23)24)14-10-13(2)11-27(12-14)20(28)26-15-6-7-15/h4-5,8-9,13-15H,3,6-7,10-12H2,1-2H3,(H,26,28)/b5-4-/t13-,14-/m1/s1. The van der Waals surface area contributed by atoms with Gasteiger partial charge in [-0.2, -0.15) is 13.2 Å². The number of nitrogens with one attached hydrogen (secondary N) is 1. The third-order valence-corrected chi connectivity index (χ3v) is 5.34. The summed E-state index contributed by atoms with van der Waals surface area (Å²) in [6.07, 6.45) is 1.69. The third-order valence-electron chi connectivity index (χ3n) is 5.34. The minimum atomic E-state index is -4.50. The van der Waals surface area contributed by atoms with Gasteiger partial charge in [0.25, 0.3) is 0 Å². The lowest BCUT2D eigenvalue weighted by Crippen LogP contribution is -2.48. The van der Waals surface area contributed by atoms with Crippen molar-refractivity contribution in [2.45, 2.75) is 51.2 Å². The van der Waals surface area contributed by atoms with E-state index >= 15 is 0 Å². The van der Waals surface area contributed by atoms with Crippen molar-refractivity contribution in [1.82, 2.24) is 10.2 Å². The summed E-state index contributed by atoms with van der Waals surface area (Å²) in [6.45, 7) is 8.33. The molecule has 3 rings (SSSR count).